The van der Waals surface area contributed by atoms with Gasteiger partial charge in [-0.15, -0.1) is 0 Å². The third-order valence-corrected chi connectivity index (χ3v) is 4.85. The van der Waals surface area contributed by atoms with Gasteiger partial charge in [-0.2, -0.15) is 0 Å². The molecule has 3 rings (SSSR count). The van der Waals surface area contributed by atoms with E-state index in [2.05, 4.69) is 9.97 Å². The van der Waals surface area contributed by atoms with Crippen molar-refractivity contribution in [3.05, 3.63) is 52.6 Å². The highest BCUT2D eigenvalue weighted by Crippen LogP contribution is 2.38. The van der Waals surface area contributed by atoms with Crippen molar-refractivity contribution in [2.45, 2.75) is 39.0 Å². The largest absolute Gasteiger partial charge is 0.428 e. The molecule has 1 aliphatic carbocycles. The number of aryl methyl sites for hydroxylation is 3. The first-order valence-corrected chi connectivity index (χ1v) is 8.11. The Bertz CT molecular complexity index is 740. The van der Waals surface area contributed by atoms with Gasteiger partial charge in [-0.25, -0.2) is 9.97 Å². The zero-order valence-corrected chi connectivity index (χ0v) is 15.0. The number of halogens is 1. The Labute approximate surface area is 144 Å². The van der Waals surface area contributed by atoms with Crippen LogP contribution in [0.4, 0.5) is 0 Å². The molecular formula is C17H17IN2O2. The highest BCUT2D eigenvalue weighted by Gasteiger charge is 2.41. The van der Waals surface area contributed by atoms with Gasteiger partial charge < -0.3 is 3.07 Å². The molecule has 22 heavy (non-hydrogen) atoms. The minimum absolute atomic E-state index is 0.131. The fourth-order valence-electron chi connectivity index (χ4n) is 3.09. The Morgan fingerprint density at radius 2 is 2.00 bits per heavy atom. The smallest absolute Gasteiger partial charge is 0.192 e. The highest BCUT2D eigenvalue weighted by atomic mass is 127. The first-order valence-electron chi connectivity index (χ1n) is 7.23. The molecule has 1 aromatic carbocycles. The van der Waals surface area contributed by atoms with E-state index in [-0.39, 0.29) is 5.78 Å². The summed E-state index contributed by atoms with van der Waals surface area (Å²) in [6.45, 7) is 5.79. The summed E-state index contributed by atoms with van der Waals surface area (Å²) >= 11 is 1.85. The first-order chi connectivity index (χ1) is 10.4. The topological polar surface area (TPSA) is 52.1 Å². The molecule has 0 radical (unpaired) electrons. The summed E-state index contributed by atoms with van der Waals surface area (Å²) in [5.41, 5.74) is 2.97. The van der Waals surface area contributed by atoms with Gasteiger partial charge in [0.2, 0.25) is 0 Å². The number of nitrogens with zero attached hydrogens (tertiary/aromatic N) is 2. The van der Waals surface area contributed by atoms with Gasteiger partial charge in [0.05, 0.1) is 11.1 Å². The maximum Gasteiger partial charge on any atom is 0.192 e. The summed E-state index contributed by atoms with van der Waals surface area (Å²) in [6.07, 6.45) is 1.59. The maximum absolute atomic E-state index is 13.1. The van der Waals surface area contributed by atoms with Gasteiger partial charge in [0.15, 0.2) is 28.8 Å². The second-order valence-electron chi connectivity index (χ2n) is 6.00. The molecule has 0 saturated carbocycles. The summed E-state index contributed by atoms with van der Waals surface area (Å²) in [5, 5.41) is 0. The van der Waals surface area contributed by atoms with Crippen LogP contribution in [0.15, 0.2) is 24.3 Å². The van der Waals surface area contributed by atoms with Crippen LogP contribution in [0.25, 0.3) is 0 Å². The van der Waals surface area contributed by atoms with E-state index in [0.717, 1.165) is 41.1 Å². The van der Waals surface area contributed by atoms with Crippen molar-refractivity contribution < 1.29 is 7.86 Å². The standard InChI is InChI=1S/C17H17IN2O2/c1-10-8-15(20-11(2)19-10)17(3)7-6-12-9-13(22-18)4-5-14(12)16(17)21/h4-5,8-9H,6-7H2,1-3H3. The monoisotopic (exact) mass is 408 g/mol. The fourth-order valence-corrected chi connectivity index (χ4v) is 3.36. The van der Waals surface area contributed by atoms with E-state index < -0.39 is 5.41 Å². The van der Waals surface area contributed by atoms with Crippen LogP contribution >= 0.6 is 23.0 Å². The summed E-state index contributed by atoms with van der Waals surface area (Å²) in [6, 6.07) is 7.59. The van der Waals surface area contributed by atoms with Crippen molar-refractivity contribution in [3.63, 3.8) is 0 Å². The highest BCUT2D eigenvalue weighted by molar-refractivity contribution is 14.1. The SMILES string of the molecule is Cc1cc(C2(C)CCc3cc(OI)ccc3C2=O)nc(C)n1. The quantitative estimate of drug-likeness (QED) is 0.708. The van der Waals surface area contributed by atoms with Gasteiger partial charge >= 0.3 is 0 Å². The second-order valence-corrected chi connectivity index (χ2v) is 6.44. The molecule has 1 heterocycles. The molecule has 1 aliphatic rings. The average molecular weight is 408 g/mol. The third-order valence-electron chi connectivity index (χ3n) is 4.34. The van der Waals surface area contributed by atoms with Crippen LogP contribution in [0.2, 0.25) is 0 Å². The zero-order chi connectivity index (χ0) is 15.9. The molecule has 0 saturated heterocycles. The number of carbonyl (C=O) groups excluding carboxylic acids is 1. The Morgan fingerprint density at radius 1 is 1.23 bits per heavy atom. The molecule has 0 amide bonds. The first kappa shape index (κ1) is 15.4. The van der Waals surface area contributed by atoms with Crippen LogP contribution in [0.3, 0.4) is 0 Å². The molecule has 114 valence electrons. The second kappa shape index (κ2) is 5.61. The molecular weight excluding hydrogens is 391 g/mol. The lowest BCUT2D eigenvalue weighted by molar-refractivity contribution is 0.0872. The zero-order valence-electron chi connectivity index (χ0n) is 12.8. The molecule has 0 spiro atoms. The molecule has 0 fully saturated rings. The van der Waals surface area contributed by atoms with E-state index in [1.165, 1.54) is 0 Å². The van der Waals surface area contributed by atoms with E-state index in [0.29, 0.717) is 5.82 Å². The average Bonchev–Trinajstić information content (AvgIpc) is 2.50. The molecule has 0 aliphatic heterocycles. The number of rotatable bonds is 2. The van der Waals surface area contributed by atoms with E-state index in [4.69, 9.17) is 3.07 Å². The van der Waals surface area contributed by atoms with Gasteiger partial charge in [-0.05, 0) is 63.4 Å². The lowest BCUT2D eigenvalue weighted by atomic mass is 9.69. The summed E-state index contributed by atoms with van der Waals surface area (Å²) in [5.74, 6) is 1.62. The molecule has 0 N–H and O–H groups in total. The van der Waals surface area contributed by atoms with Crippen molar-refractivity contribution in [2.75, 3.05) is 0 Å². The molecule has 1 atom stereocenters. The van der Waals surface area contributed by atoms with Gasteiger partial charge in [-0.1, -0.05) is 0 Å². The van der Waals surface area contributed by atoms with E-state index >= 15 is 0 Å². The van der Waals surface area contributed by atoms with Crippen LogP contribution in [-0.4, -0.2) is 15.8 Å². The molecule has 1 unspecified atom stereocenters. The number of fused-ring (bicyclic) bond motifs is 1. The Morgan fingerprint density at radius 3 is 2.68 bits per heavy atom. The van der Waals surface area contributed by atoms with Crippen molar-refractivity contribution in [3.8, 4) is 5.75 Å². The summed E-state index contributed by atoms with van der Waals surface area (Å²) in [4.78, 5) is 21.9. The van der Waals surface area contributed by atoms with Crippen LogP contribution in [0.1, 0.15) is 46.5 Å². The lowest BCUT2D eigenvalue weighted by Gasteiger charge is -2.33. The lowest BCUT2D eigenvalue weighted by Crippen LogP contribution is -2.38. The number of Topliss-reactive ketones (excluding diaryl/α,β-unsaturated/α-hetero) is 1. The van der Waals surface area contributed by atoms with Gasteiger partial charge in [0.1, 0.15) is 11.6 Å². The number of ketones is 1. The van der Waals surface area contributed by atoms with Crippen molar-refractivity contribution in [1.82, 2.24) is 9.97 Å². The Kier molecular flexibility index (Phi) is 3.92. The van der Waals surface area contributed by atoms with Crippen molar-refractivity contribution >= 4 is 28.8 Å². The number of benzene rings is 1. The normalized spacial score (nSPS) is 20.6. The minimum atomic E-state index is -0.585. The molecule has 1 aromatic heterocycles. The van der Waals surface area contributed by atoms with Gasteiger partial charge in [0.25, 0.3) is 0 Å². The molecule has 5 heteroatoms. The number of carbonyl (C=O) groups is 1. The Hall–Kier alpha value is -1.50. The number of aromatic nitrogens is 2. The third kappa shape index (κ3) is 2.51. The predicted molar refractivity (Wildman–Crippen MR) is 92.6 cm³/mol. The predicted octanol–water partition coefficient (Wildman–Crippen LogP) is 3.91. The van der Waals surface area contributed by atoms with E-state index in [1.54, 1.807) is 0 Å². The maximum atomic E-state index is 13.1. The summed E-state index contributed by atoms with van der Waals surface area (Å²) < 4.78 is 5.22. The van der Waals surface area contributed by atoms with Crippen LogP contribution < -0.4 is 3.07 Å². The van der Waals surface area contributed by atoms with Crippen LogP contribution in [0, 0.1) is 13.8 Å². The van der Waals surface area contributed by atoms with Gasteiger partial charge in [-0.3, -0.25) is 4.79 Å². The van der Waals surface area contributed by atoms with Gasteiger partial charge in [0, 0.05) is 11.3 Å². The van der Waals surface area contributed by atoms with Crippen LogP contribution in [0.5, 0.6) is 5.75 Å². The minimum Gasteiger partial charge on any atom is -0.428 e. The van der Waals surface area contributed by atoms with Crippen molar-refractivity contribution in [1.29, 1.82) is 0 Å². The Balaban J connectivity index is 2.07. The molecule has 2 aromatic rings. The summed E-state index contributed by atoms with van der Waals surface area (Å²) in [7, 11) is 0. The van der Waals surface area contributed by atoms with Crippen molar-refractivity contribution in [2.24, 2.45) is 0 Å². The van der Waals surface area contributed by atoms with E-state index in [1.807, 2.05) is 68.0 Å². The molecule has 4 nitrogen and oxygen atoms in total. The molecule has 0 bridgehead atoms. The van der Waals surface area contributed by atoms with E-state index in [9.17, 15) is 4.79 Å². The van der Waals surface area contributed by atoms with Crippen LogP contribution in [-0.2, 0) is 11.8 Å². The fraction of sp³-hybridized carbons (Fsp3) is 0.353. The number of hydrogen-bond acceptors (Lipinski definition) is 4. The number of hydrogen-bond donors (Lipinski definition) is 0.